The molecule has 1 atom stereocenters. The van der Waals surface area contributed by atoms with Crippen LogP contribution in [0.5, 0.6) is 0 Å². The van der Waals surface area contributed by atoms with Crippen LogP contribution >= 0.6 is 0 Å². The summed E-state index contributed by atoms with van der Waals surface area (Å²) in [6.07, 6.45) is 4.20. The molecule has 1 amide bonds. The second-order valence-electron chi connectivity index (χ2n) is 7.83. The molecule has 0 aromatic carbocycles. The molecular formula is C19H34F3N5O. The molecule has 0 bridgehead atoms. The third kappa shape index (κ3) is 7.85. The lowest BCUT2D eigenvalue weighted by molar-refractivity contribution is -0.157. The number of rotatable bonds is 6. The van der Waals surface area contributed by atoms with Crippen molar-refractivity contribution in [1.29, 1.82) is 0 Å². The van der Waals surface area contributed by atoms with Crippen molar-refractivity contribution in [2.45, 2.75) is 70.1 Å². The molecule has 0 radical (unpaired) electrons. The van der Waals surface area contributed by atoms with Crippen molar-refractivity contribution in [1.82, 2.24) is 20.4 Å². The van der Waals surface area contributed by atoms with Crippen LogP contribution in [-0.4, -0.2) is 79.7 Å². The molecule has 1 saturated heterocycles. The summed E-state index contributed by atoms with van der Waals surface area (Å²) in [5.74, 6) is -0.159. The molecule has 1 aliphatic carbocycles. The van der Waals surface area contributed by atoms with Crippen molar-refractivity contribution >= 4 is 11.9 Å². The predicted molar refractivity (Wildman–Crippen MR) is 104 cm³/mol. The first-order valence-corrected chi connectivity index (χ1v) is 10.4. The van der Waals surface area contributed by atoms with Gasteiger partial charge in [-0.3, -0.25) is 9.69 Å². The molecule has 2 N–H and O–H groups in total. The Morgan fingerprint density at radius 1 is 1.18 bits per heavy atom. The minimum atomic E-state index is -4.40. The number of carbonyl (C=O) groups excluding carboxylic acids is 1. The molecule has 2 rings (SSSR count). The average Bonchev–Trinajstić information content (AvgIpc) is 2.65. The Labute approximate surface area is 165 Å². The first-order chi connectivity index (χ1) is 13.3. The number of aliphatic imine (C=N–C) groups is 1. The Kier molecular flexibility index (Phi) is 8.85. The van der Waals surface area contributed by atoms with Crippen LogP contribution in [0.25, 0.3) is 0 Å². The smallest absolute Gasteiger partial charge is 0.357 e. The highest BCUT2D eigenvalue weighted by atomic mass is 19.4. The second-order valence-corrected chi connectivity index (χ2v) is 7.83. The summed E-state index contributed by atoms with van der Waals surface area (Å²) in [6.45, 7) is 3.04. The fraction of sp³-hybridized carbons (Fsp3) is 0.895. The molecule has 0 spiro atoms. The van der Waals surface area contributed by atoms with Gasteiger partial charge in [-0.15, -0.1) is 0 Å². The van der Waals surface area contributed by atoms with Crippen LogP contribution in [0.1, 0.15) is 51.9 Å². The van der Waals surface area contributed by atoms with Crippen LogP contribution in [0.4, 0.5) is 13.2 Å². The van der Waals surface area contributed by atoms with Crippen LogP contribution in [0.2, 0.25) is 0 Å². The minimum absolute atomic E-state index is 0.233. The van der Waals surface area contributed by atoms with Gasteiger partial charge in [-0.05, 0) is 39.2 Å². The topological polar surface area (TPSA) is 60.0 Å². The molecule has 162 valence electrons. The molecule has 0 aromatic heterocycles. The number of likely N-dealkylation sites (N-methyl/N-ethyl adjacent to an activating group) is 1. The van der Waals surface area contributed by atoms with E-state index in [0.29, 0.717) is 23.4 Å². The maximum Gasteiger partial charge on any atom is 0.406 e. The van der Waals surface area contributed by atoms with Crippen molar-refractivity contribution in [3.63, 3.8) is 0 Å². The van der Waals surface area contributed by atoms with E-state index in [4.69, 9.17) is 0 Å². The predicted octanol–water partition coefficient (Wildman–Crippen LogP) is 2.36. The van der Waals surface area contributed by atoms with Crippen LogP contribution < -0.4 is 10.6 Å². The Hall–Kier alpha value is -1.51. The van der Waals surface area contributed by atoms with Crippen molar-refractivity contribution in [3.8, 4) is 0 Å². The Bertz CT molecular complexity index is 520. The Balaban J connectivity index is 1.88. The van der Waals surface area contributed by atoms with Crippen molar-refractivity contribution < 1.29 is 18.0 Å². The molecular weight excluding hydrogens is 371 g/mol. The zero-order valence-electron chi connectivity index (χ0n) is 17.0. The third-order valence-electron chi connectivity index (χ3n) is 5.44. The van der Waals surface area contributed by atoms with E-state index in [1.807, 2.05) is 6.92 Å². The zero-order valence-corrected chi connectivity index (χ0v) is 17.0. The summed E-state index contributed by atoms with van der Waals surface area (Å²) in [7, 11) is 1.15. The molecule has 1 unspecified atom stereocenters. The molecule has 1 saturated carbocycles. The summed E-state index contributed by atoms with van der Waals surface area (Å²) < 4.78 is 37.3. The normalized spacial score (nSPS) is 22.8. The molecule has 6 nitrogen and oxygen atoms in total. The van der Waals surface area contributed by atoms with Crippen molar-refractivity contribution in [2.75, 3.05) is 39.8 Å². The standard InChI is InChI=1S/C19H34F3N5O/c1-3-23-18(24-12-17(28)26(2)14-19(20,21)22)25-15-8-7-11-27(13-15)16-9-5-4-6-10-16/h15-16H,3-14H2,1-2H3,(H2,23,24,25). The van der Waals surface area contributed by atoms with Gasteiger partial charge in [0.25, 0.3) is 0 Å². The summed E-state index contributed by atoms with van der Waals surface area (Å²) in [5.41, 5.74) is 0. The lowest BCUT2D eigenvalue weighted by Gasteiger charge is -2.40. The van der Waals surface area contributed by atoms with Gasteiger partial charge in [0.05, 0.1) is 0 Å². The first-order valence-electron chi connectivity index (χ1n) is 10.4. The molecule has 2 aliphatic rings. The van der Waals surface area contributed by atoms with Gasteiger partial charge in [0.1, 0.15) is 13.1 Å². The summed E-state index contributed by atoms with van der Waals surface area (Å²) in [6, 6.07) is 0.895. The van der Waals surface area contributed by atoms with Gasteiger partial charge >= 0.3 is 6.18 Å². The molecule has 1 aliphatic heterocycles. The van der Waals surface area contributed by atoms with E-state index in [1.54, 1.807) is 0 Å². The van der Waals surface area contributed by atoms with Crippen LogP contribution in [0, 0.1) is 0 Å². The number of likely N-dealkylation sites (tertiary alicyclic amines) is 1. The SMILES string of the molecule is CCNC(=NCC(=O)N(C)CC(F)(F)F)NC1CCCN(C2CCCCC2)C1. The van der Waals surface area contributed by atoms with E-state index < -0.39 is 18.6 Å². The third-order valence-corrected chi connectivity index (χ3v) is 5.44. The summed E-state index contributed by atoms with van der Waals surface area (Å²) >= 11 is 0. The van der Waals surface area contributed by atoms with Gasteiger partial charge in [0.15, 0.2) is 5.96 Å². The van der Waals surface area contributed by atoms with E-state index in [9.17, 15) is 18.0 Å². The van der Waals surface area contributed by atoms with Crippen LogP contribution in [-0.2, 0) is 4.79 Å². The van der Waals surface area contributed by atoms with Crippen LogP contribution in [0.3, 0.4) is 0 Å². The number of hydrogen-bond donors (Lipinski definition) is 2. The number of hydrogen-bond acceptors (Lipinski definition) is 3. The fourth-order valence-electron chi connectivity index (χ4n) is 4.04. The molecule has 9 heteroatoms. The zero-order chi connectivity index (χ0) is 20.6. The number of carbonyl (C=O) groups is 1. The number of guanidine groups is 1. The number of nitrogens with one attached hydrogen (secondary N) is 2. The number of amides is 1. The number of alkyl halides is 3. The van der Waals surface area contributed by atoms with Gasteiger partial charge in [0.2, 0.25) is 5.91 Å². The molecule has 2 fully saturated rings. The average molecular weight is 406 g/mol. The van der Waals surface area contributed by atoms with Gasteiger partial charge in [-0.25, -0.2) is 4.99 Å². The quantitative estimate of drug-likeness (QED) is 0.526. The van der Waals surface area contributed by atoms with Gasteiger partial charge in [-0.2, -0.15) is 13.2 Å². The van der Waals surface area contributed by atoms with Gasteiger partial charge in [0, 0.05) is 32.2 Å². The van der Waals surface area contributed by atoms with Gasteiger partial charge < -0.3 is 15.5 Å². The maximum absolute atomic E-state index is 12.4. The van der Waals surface area contributed by atoms with E-state index in [-0.39, 0.29) is 12.6 Å². The highest BCUT2D eigenvalue weighted by Gasteiger charge is 2.31. The van der Waals surface area contributed by atoms with E-state index >= 15 is 0 Å². The fourth-order valence-corrected chi connectivity index (χ4v) is 4.04. The molecule has 28 heavy (non-hydrogen) atoms. The van der Waals surface area contributed by atoms with E-state index in [2.05, 4.69) is 20.5 Å². The molecule has 0 aromatic rings. The van der Waals surface area contributed by atoms with Gasteiger partial charge in [-0.1, -0.05) is 19.3 Å². The van der Waals surface area contributed by atoms with Crippen molar-refractivity contribution in [3.05, 3.63) is 0 Å². The van der Waals surface area contributed by atoms with Crippen LogP contribution in [0.15, 0.2) is 4.99 Å². The molecule has 1 heterocycles. The Morgan fingerprint density at radius 3 is 2.54 bits per heavy atom. The lowest BCUT2D eigenvalue weighted by Crippen LogP contribution is -2.53. The highest BCUT2D eigenvalue weighted by molar-refractivity contribution is 5.85. The van der Waals surface area contributed by atoms with Crippen molar-refractivity contribution in [2.24, 2.45) is 4.99 Å². The first kappa shape index (κ1) is 22.8. The largest absolute Gasteiger partial charge is 0.406 e. The Morgan fingerprint density at radius 2 is 1.89 bits per heavy atom. The second kappa shape index (κ2) is 10.9. The summed E-state index contributed by atoms with van der Waals surface area (Å²) in [5, 5.41) is 6.47. The minimum Gasteiger partial charge on any atom is -0.357 e. The van der Waals surface area contributed by atoms with E-state index in [1.165, 1.54) is 32.1 Å². The monoisotopic (exact) mass is 405 g/mol. The lowest BCUT2D eigenvalue weighted by atomic mass is 9.92. The number of nitrogens with zero attached hydrogens (tertiary/aromatic N) is 3. The van der Waals surface area contributed by atoms with E-state index in [0.717, 1.165) is 33.0 Å². The highest BCUT2D eigenvalue weighted by Crippen LogP contribution is 2.25. The number of halogens is 3. The number of piperidine rings is 1. The maximum atomic E-state index is 12.4. The summed E-state index contributed by atoms with van der Waals surface area (Å²) in [4.78, 5) is 19.4.